The van der Waals surface area contributed by atoms with Crippen LogP contribution in [0.15, 0.2) is 54.6 Å². The molecule has 0 bridgehead atoms. The lowest BCUT2D eigenvalue weighted by atomic mass is 9.90. The van der Waals surface area contributed by atoms with Gasteiger partial charge in [0.15, 0.2) is 0 Å². The number of allylic oxidation sites excluding steroid dienone is 1. The minimum absolute atomic E-state index is 0.195. The molecule has 0 radical (unpaired) electrons. The van der Waals surface area contributed by atoms with Crippen molar-refractivity contribution < 1.29 is 14.0 Å². The van der Waals surface area contributed by atoms with E-state index < -0.39 is 11.7 Å². The van der Waals surface area contributed by atoms with E-state index in [1.54, 1.807) is 17.0 Å². The second kappa shape index (κ2) is 6.66. The summed E-state index contributed by atoms with van der Waals surface area (Å²) in [5.41, 5.74) is 13.0. The zero-order valence-electron chi connectivity index (χ0n) is 16.4. The second-order valence-electron chi connectivity index (χ2n) is 7.67. The first-order chi connectivity index (χ1) is 14.5. The van der Waals surface area contributed by atoms with E-state index in [9.17, 15) is 14.0 Å². The number of primary amides is 1. The van der Waals surface area contributed by atoms with E-state index in [4.69, 9.17) is 5.73 Å². The zero-order chi connectivity index (χ0) is 21.0. The number of rotatable bonds is 3. The molecule has 1 aliphatic carbocycles. The predicted molar refractivity (Wildman–Crippen MR) is 115 cm³/mol. The predicted octanol–water partition coefficient (Wildman–Crippen LogP) is 4.63. The lowest BCUT2D eigenvalue weighted by Crippen LogP contribution is -2.24. The summed E-state index contributed by atoms with van der Waals surface area (Å²) in [6.45, 7) is 2.39. The number of fused-ring (bicyclic) bond motifs is 2. The van der Waals surface area contributed by atoms with Crippen LogP contribution < -0.4 is 10.6 Å². The van der Waals surface area contributed by atoms with E-state index in [0.717, 1.165) is 39.1 Å². The van der Waals surface area contributed by atoms with Crippen molar-refractivity contribution in [1.29, 1.82) is 0 Å². The van der Waals surface area contributed by atoms with Crippen LogP contribution in [0.25, 0.3) is 17.2 Å². The largest absolute Gasteiger partial charge is 0.366 e. The van der Waals surface area contributed by atoms with Crippen molar-refractivity contribution in [2.45, 2.75) is 19.9 Å². The molecule has 0 spiro atoms. The summed E-state index contributed by atoms with van der Waals surface area (Å²) in [5, 5.41) is 0. The Morgan fingerprint density at radius 3 is 2.70 bits per heavy atom. The number of hydrogen-bond acceptors (Lipinski definition) is 2. The molecule has 2 amide bonds. The number of carbonyl (C=O) groups is 2. The molecule has 3 aromatic carbocycles. The van der Waals surface area contributed by atoms with Crippen molar-refractivity contribution in [3.63, 3.8) is 0 Å². The topological polar surface area (TPSA) is 63.4 Å². The first kappa shape index (κ1) is 18.3. The molecule has 1 heterocycles. The average Bonchev–Trinajstić information content (AvgIpc) is 3.33. The fourth-order valence-corrected chi connectivity index (χ4v) is 4.51. The van der Waals surface area contributed by atoms with Gasteiger partial charge in [-0.25, -0.2) is 4.39 Å². The molecule has 148 valence electrons. The summed E-state index contributed by atoms with van der Waals surface area (Å²) in [4.78, 5) is 26.4. The van der Waals surface area contributed by atoms with Gasteiger partial charge in [-0.1, -0.05) is 36.4 Å². The Labute approximate surface area is 173 Å². The number of carbonyl (C=O) groups excluding carboxylic acids is 2. The van der Waals surface area contributed by atoms with Crippen LogP contribution in [0, 0.1) is 12.7 Å². The SMILES string of the molecule is Cc1c(-c2ccc(C(N)=O)c3c2C=CC3)cccc1N1Cc2ccc(F)cc2C1=O. The summed E-state index contributed by atoms with van der Waals surface area (Å²) in [7, 11) is 0. The molecule has 0 saturated heterocycles. The van der Waals surface area contributed by atoms with Crippen LogP contribution in [0.4, 0.5) is 10.1 Å². The third-order valence-electron chi connectivity index (χ3n) is 5.99. The number of nitrogens with zero attached hydrogens (tertiary/aromatic N) is 1. The molecule has 3 aromatic rings. The highest BCUT2D eigenvalue weighted by Crippen LogP contribution is 2.39. The molecule has 30 heavy (non-hydrogen) atoms. The highest BCUT2D eigenvalue weighted by Gasteiger charge is 2.30. The van der Waals surface area contributed by atoms with E-state index in [1.165, 1.54) is 12.1 Å². The Morgan fingerprint density at radius 2 is 1.90 bits per heavy atom. The van der Waals surface area contributed by atoms with E-state index >= 15 is 0 Å². The van der Waals surface area contributed by atoms with Gasteiger partial charge in [-0.2, -0.15) is 0 Å². The Hall–Kier alpha value is -3.73. The lowest BCUT2D eigenvalue weighted by Gasteiger charge is -2.21. The molecule has 5 rings (SSSR count). The van der Waals surface area contributed by atoms with Gasteiger partial charge in [0.2, 0.25) is 5.91 Å². The highest BCUT2D eigenvalue weighted by atomic mass is 19.1. The third kappa shape index (κ3) is 2.66. The van der Waals surface area contributed by atoms with E-state index in [1.807, 2.05) is 43.3 Å². The summed E-state index contributed by atoms with van der Waals surface area (Å²) in [5.74, 6) is -1.04. The third-order valence-corrected chi connectivity index (χ3v) is 5.99. The van der Waals surface area contributed by atoms with Crippen LogP contribution in [0.2, 0.25) is 0 Å². The van der Waals surface area contributed by atoms with Gasteiger partial charge >= 0.3 is 0 Å². The molecule has 2 aliphatic rings. The monoisotopic (exact) mass is 398 g/mol. The zero-order valence-corrected chi connectivity index (χ0v) is 16.4. The number of nitrogens with two attached hydrogens (primary N) is 1. The number of benzene rings is 3. The van der Waals surface area contributed by atoms with Crippen LogP contribution in [-0.4, -0.2) is 11.8 Å². The molecule has 0 atom stereocenters. The van der Waals surface area contributed by atoms with Gasteiger partial charge in [0, 0.05) is 16.8 Å². The molecule has 1 aliphatic heterocycles. The molecule has 0 saturated carbocycles. The van der Waals surface area contributed by atoms with Gasteiger partial charge < -0.3 is 10.6 Å². The molecule has 0 fully saturated rings. The van der Waals surface area contributed by atoms with Crippen LogP contribution >= 0.6 is 0 Å². The van der Waals surface area contributed by atoms with Gasteiger partial charge in [-0.3, -0.25) is 9.59 Å². The van der Waals surface area contributed by atoms with Crippen LogP contribution in [-0.2, 0) is 13.0 Å². The van der Waals surface area contributed by atoms with Gasteiger partial charge in [-0.05, 0) is 71.0 Å². The van der Waals surface area contributed by atoms with Gasteiger partial charge in [0.25, 0.3) is 5.91 Å². The number of anilines is 1. The first-order valence-electron chi connectivity index (χ1n) is 9.78. The average molecular weight is 398 g/mol. The Morgan fingerprint density at radius 1 is 1.07 bits per heavy atom. The molecule has 5 heteroatoms. The van der Waals surface area contributed by atoms with Crippen LogP contribution in [0.5, 0.6) is 0 Å². The number of amides is 2. The van der Waals surface area contributed by atoms with Crippen LogP contribution in [0.3, 0.4) is 0 Å². The van der Waals surface area contributed by atoms with Crippen LogP contribution in [0.1, 0.15) is 43.0 Å². The minimum atomic E-state index is -0.431. The molecule has 4 nitrogen and oxygen atoms in total. The lowest BCUT2D eigenvalue weighted by molar-refractivity contribution is 0.0989. The van der Waals surface area contributed by atoms with Crippen molar-refractivity contribution in [3.05, 3.63) is 93.8 Å². The smallest absolute Gasteiger partial charge is 0.259 e. The molecule has 0 aromatic heterocycles. The van der Waals surface area contributed by atoms with Crippen molar-refractivity contribution >= 4 is 23.6 Å². The Bertz CT molecular complexity index is 1280. The fraction of sp³-hybridized carbons (Fsp3) is 0.120. The summed E-state index contributed by atoms with van der Waals surface area (Å²) >= 11 is 0. The molecular weight excluding hydrogens is 379 g/mol. The van der Waals surface area contributed by atoms with Crippen molar-refractivity contribution in [2.75, 3.05) is 4.90 Å². The highest BCUT2D eigenvalue weighted by molar-refractivity contribution is 6.10. The number of hydrogen-bond donors (Lipinski definition) is 1. The van der Waals surface area contributed by atoms with Gasteiger partial charge in [0.05, 0.1) is 6.54 Å². The van der Waals surface area contributed by atoms with Gasteiger partial charge in [0.1, 0.15) is 5.82 Å². The van der Waals surface area contributed by atoms with Crippen molar-refractivity contribution in [1.82, 2.24) is 0 Å². The second-order valence-corrected chi connectivity index (χ2v) is 7.67. The fourth-order valence-electron chi connectivity index (χ4n) is 4.51. The standard InChI is InChI=1S/C25H19FN2O2/c1-14-17(20-10-11-21(24(27)29)19-6-2-5-18(19)20)4-3-7-23(14)28-13-15-8-9-16(26)12-22(15)25(28)30/h2-5,7-12H,6,13H2,1H3,(H2,27,29). The quantitative estimate of drug-likeness (QED) is 0.699. The maximum Gasteiger partial charge on any atom is 0.259 e. The van der Waals surface area contributed by atoms with Gasteiger partial charge in [-0.15, -0.1) is 0 Å². The summed E-state index contributed by atoms with van der Waals surface area (Å²) < 4.78 is 13.6. The molecule has 0 unspecified atom stereocenters. The molecular formula is C25H19FN2O2. The maximum atomic E-state index is 13.6. The number of halogens is 1. The maximum absolute atomic E-state index is 13.6. The minimum Gasteiger partial charge on any atom is -0.366 e. The Kier molecular flexibility index (Phi) is 4.07. The van der Waals surface area contributed by atoms with Crippen molar-refractivity contribution in [2.24, 2.45) is 5.73 Å². The van der Waals surface area contributed by atoms with E-state index in [-0.39, 0.29) is 5.91 Å². The summed E-state index contributed by atoms with van der Waals surface area (Å²) in [6.07, 6.45) is 4.71. The van der Waals surface area contributed by atoms with Crippen molar-refractivity contribution in [3.8, 4) is 11.1 Å². The summed E-state index contributed by atoms with van der Waals surface area (Å²) in [6, 6.07) is 13.9. The normalized spacial score (nSPS) is 14.2. The molecule has 2 N–H and O–H groups in total. The first-order valence-corrected chi connectivity index (χ1v) is 9.78. The van der Waals surface area contributed by atoms with E-state index in [2.05, 4.69) is 0 Å². The van der Waals surface area contributed by atoms with E-state index in [0.29, 0.717) is 24.1 Å². The Balaban J connectivity index is 1.61.